The van der Waals surface area contributed by atoms with Crippen molar-refractivity contribution >= 4 is 17.5 Å². The smallest absolute Gasteiger partial charge is 0.239 e. The lowest BCUT2D eigenvalue weighted by Crippen LogP contribution is -2.33. The van der Waals surface area contributed by atoms with Gasteiger partial charge in [0, 0.05) is 19.2 Å². The standard InChI is InChI=1S/C17H19N3O2/c1-12(21)20-15-9-7-13(8-10-15)11-19-16(17(18)22)14-5-3-2-4-6-14/h2-10,16,19H,11H2,1H3,(H2,18,22)(H,20,21)/t16-/m0/s1. The number of nitrogens with two attached hydrogens (primary N) is 1. The minimum atomic E-state index is -0.531. The van der Waals surface area contributed by atoms with Gasteiger partial charge >= 0.3 is 0 Å². The van der Waals surface area contributed by atoms with Crippen LogP contribution in [0.4, 0.5) is 5.69 Å². The number of hydrogen-bond donors (Lipinski definition) is 3. The fourth-order valence-corrected chi connectivity index (χ4v) is 2.16. The van der Waals surface area contributed by atoms with Gasteiger partial charge in [0.2, 0.25) is 11.8 Å². The zero-order valence-electron chi connectivity index (χ0n) is 12.4. The number of hydrogen-bond acceptors (Lipinski definition) is 3. The molecular formula is C17H19N3O2. The van der Waals surface area contributed by atoms with Gasteiger partial charge in [0.1, 0.15) is 6.04 Å². The summed E-state index contributed by atoms with van der Waals surface area (Å²) in [6.45, 7) is 1.97. The first kappa shape index (κ1) is 15.7. The number of benzene rings is 2. The molecule has 0 saturated carbocycles. The second kappa shape index (κ2) is 7.38. The van der Waals surface area contributed by atoms with Crippen molar-refractivity contribution in [2.75, 3.05) is 5.32 Å². The van der Waals surface area contributed by atoms with E-state index in [0.29, 0.717) is 6.54 Å². The Morgan fingerprint density at radius 1 is 1.05 bits per heavy atom. The molecule has 2 aromatic carbocycles. The van der Waals surface area contributed by atoms with Gasteiger partial charge in [-0.1, -0.05) is 42.5 Å². The molecule has 2 rings (SSSR count). The van der Waals surface area contributed by atoms with Gasteiger partial charge in [-0.2, -0.15) is 0 Å². The van der Waals surface area contributed by atoms with Crippen LogP contribution in [0.5, 0.6) is 0 Å². The molecule has 5 nitrogen and oxygen atoms in total. The van der Waals surface area contributed by atoms with Crippen molar-refractivity contribution in [2.45, 2.75) is 19.5 Å². The highest BCUT2D eigenvalue weighted by molar-refractivity contribution is 5.88. The molecule has 0 saturated heterocycles. The van der Waals surface area contributed by atoms with Crippen LogP contribution >= 0.6 is 0 Å². The van der Waals surface area contributed by atoms with Crippen molar-refractivity contribution in [3.05, 3.63) is 65.7 Å². The van der Waals surface area contributed by atoms with Gasteiger partial charge in [0.25, 0.3) is 0 Å². The molecule has 0 aliphatic heterocycles. The van der Waals surface area contributed by atoms with Crippen molar-refractivity contribution < 1.29 is 9.59 Å². The zero-order valence-corrected chi connectivity index (χ0v) is 12.4. The Bertz CT molecular complexity index is 639. The average molecular weight is 297 g/mol. The largest absolute Gasteiger partial charge is 0.368 e. The first-order valence-corrected chi connectivity index (χ1v) is 7.00. The van der Waals surface area contributed by atoms with Gasteiger partial charge in [-0.3, -0.25) is 14.9 Å². The molecule has 0 radical (unpaired) electrons. The summed E-state index contributed by atoms with van der Waals surface area (Å²) < 4.78 is 0. The molecule has 0 heterocycles. The average Bonchev–Trinajstić information content (AvgIpc) is 2.49. The third-order valence-corrected chi connectivity index (χ3v) is 3.20. The topological polar surface area (TPSA) is 84.2 Å². The molecular weight excluding hydrogens is 278 g/mol. The molecule has 0 fully saturated rings. The van der Waals surface area contributed by atoms with Crippen LogP contribution in [-0.4, -0.2) is 11.8 Å². The van der Waals surface area contributed by atoms with Gasteiger partial charge in [0.05, 0.1) is 0 Å². The van der Waals surface area contributed by atoms with Crippen LogP contribution in [0.3, 0.4) is 0 Å². The van der Waals surface area contributed by atoms with Gasteiger partial charge in [-0.15, -0.1) is 0 Å². The summed E-state index contributed by atoms with van der Waals surface area (Å²) in [5.41, 5.74) is 8.04. The summed E-state index contributed by atoms with van der Waals surface area (Å²) in [7, 11) is 0. The van der Waals surface area contributed by atoms with Gasteiger partial charge in [-0.05, 0) is 23.3 Å². The van der Waals surface area contributed by atoms with Gasteiger partial charge < -0.3 is 11.1 Å². The van der Waals surface area contributed by atoms with Crippen molar-refractivity contribution in [3.63, 3.8) is 0 Å². The highest BCUT2D eigenvalue weighted by Gasteiger charge is 2.16. The Hall–Kier alpha value is -2.66. The SMILES string of the molecule is CC(=O)Nc1ccc(CN[C@H](C(N)=O)c2ccccc2)cc1. The van der Waals surface area contributed by atoms with Crippen LogP contribution in [0.2, 0.25) is 0 Å². The number of anilines is 1. The van der Waals surface area contributed by atoms with E-state index >= 15 is 0 Å². The third kappa shape index (κ3) is 4.43. The molecule has 0 unspecified atom stereocenters. The van der Waals surface area contributed by atoms with E-state index in [-0.39, 0.29) is 5.91 Å². The van der Waals surface area contributed by atoms with Gasteiger partial charge in [-0.25, -0.2) is 0 Å². The Morgan fingerprint density at radius 2 is 1.68 bits per heavy atom. The van der Waals surface area contributed by atoms with E-state index in [1.807, 2.05) is 54.6 Å². The van der Waals surface area contributed by atoms with Crippen molar-refractivity contribution in [1.29, 1.82) is 0 Å². The van der Waals surface area contributed by atoms with E-state index in [9.17, 15) is 9.59 Å². The molecule has 4 N–H and O–H groups in total. The number of rotatable bonds is 6. The summed E-state index contributed by atoms with van der Waals surface area (Å²) in [5, 5.41) is 5.86. The summed E-state index contributed by atoms with van der Waals surface area (Å²) in [6.07, 6.45) is 0. The number of carbonyl (C=O) groups is 2. The Morgan fingerprint density at radius 3 is 2.23 bits per heavy atom. The quantitative estimate of drug-likeness (QED) is 0.762. The zero-order chi connectivity index (χ0) is 15.9. The van der Waals surface area contributed by atoms with Crippen LogP contribution in [0.1, 0.15) is 24.1 Å². The molecule has 0 aromatic heterocycles. The Kier molecular flexibility index (Phi) is 5.27. The molecule has 2 amide bonds. The molecule has 0 bridgehead atoms. The monoisotopic (exact) mass is 297 g/mol. The van der Waals surface area contributed by atoms with E-state index in [4.69, 9.17) is 5.73 Å². The molecule has 1 atom stereocenters. The maximum absolute atomic E-state index is 11.6. The maximum Gasteiger partial charge on any atom is 0.239 e. The first-order valence-electron chi connectivity index (χ1n) is 7.00. The molecule has 0 spiro atoms. The molecule has 5 heteroatoms. The highest BCUT2D eigenvalue weighted by atomic mass is 16.1. The molecule has 0 aliphatic carbocycles. The third-order valence-electron chi connectivity index (χ3n) is 3.20. The lowest BCUT2D eigenvalue weighted by Gasteiger charge is -2.16. The summed E-state index contributed by atoms with van der Waals surface area (Å²) >= 11 is 0. The van der Waals surface area contributed by atoms with E-state index in [1.54, 1.807) is 0 Å². The number of primary amides is 1. The maximum atomic E-state index is 11.6. The second-order valence-corrected chi connectivity index (χ2v) is 5.01. The van der Waals surface area contributed by atoms with Crippen molar-refractivity contribution in [3.8, 4) is 0 Å². The van der Waals surface area contributed by atoms with Crippen LogP contribution < -0.4 is 16.4 Å². The van der Waals surface area contributed by atoms with E-state index < -0.39 is 11.9 Å². The molecule has 0 aliphatic rings. The van der Waals surface area contributed by atoms with Crippen molar-refractivity contribution in [2.24, 2.45) is 5.73 Å². The lowest BCUT2D eigenvalue weighted by atomic mass is 10.1. The number of amides is 2. The minimum Gasteiger partial charge on any atom is -0.368 e. The van der Waals surface area contributed by atoms with Crippen LogP contribution in [0.25, 0.3) is 0 Å². The van der Waals surface area contributed by atoms with Crippen LogP contribution in [-0.2, 0) is 16.1 Å². The molecule has 114 valence electrons. The fourth-order valence-electron chi connectivity index (χ4n) is 2.16. The Labute approximate surface area is 129 Å². The predicted octanol–water partition coefficient (Wildman–Crippen LogP) is 1.96. The summed E-state index contributed by atoms with van der Waals surface area (Å²) in [4.78, 5) is 22.6. The highest BCUT2D eigenvalue weighted by Crippen LogP contribution is 2.14. The number of carbonyl (C=O) groups excluding carboxylic acids is 2. The van der Waals surface area contributed by atoms with Gasteiger partial charge in [0.15, 0.2) is 0 Å². The normalized spacial score (nSPS) is 11.7. The van der Waals surface area contributed by atoms with Crippen molar-refractivity contribution in [1.82, 2.24) is 5.32 Å². The molecule has 2 aromatic rings. The second-order valence-electron chi connectivity index (χ2n) is 5.01. The summed E-state index contributed by atoms with van der Waals surface area (Å²) in [5.74, 6) is -0.523. The fraction of sp³-hybridized carbons (Fsp3) is 0.176. The minimum absolute atomic E-state index is 0.108. The van der Waals surface area contributed by atoms with Crippen LogP contribution in [0.15, 0.2) is 54.6 Å². The van der Waals surface area contributed by atoms with E-state index in [1.165, 1.54) is 6.92 Å². The predicted molar refractivity (Wildman–Crippen MR) is 86.0 cm³/mol. The first-order chi connectivity index (χ1) is 10.6. The van der Waals surface area contributed by atoms with E-state index in [2.05, 4.69) is 10.6 Å². The van der Waals surface area contributed by atoms with E-state index in [0.717, 1.165) is 16.8 Å². The Balaban J connectivity index is 2.01. The summed E-state index contributed by atoms with van der Waals surface area (Å²) in [6, 6.07) is 16.2. The molecule has 22 heavy (non-hydrogen) atoms. The van der Waals surface area contributed by atoms with Crippen LogP contribution in [0, 0.1) is 0 Å². The number of nitrogens with one attached hydrogen (secondary N) is 2. The lowest BCUT2D eigenvalue weighted by molar-refractivity contribution is -0.120.